The summed E-state index contributed by atoms with van der Waals surface area (Å²) >= 11 is 0. The molecule has 1 N–H and O–H groups in total. The Labute approximate surface area is 108 Å². The summed E-state index contributed by atoms with van der Waals surface area (Å²) in [5, 5.41) is 8.74. The van der Waals surface area contributed by atoms with E-state index >= 15 is 0 Å². The maximum atomic E-state index is 13.0. The van der Waals surface area contributed by atoms with Gasteiger partial charge in [-0.15, -0.1) is 0 Å². The molecule has 98 valence electrons. The number of halogens is 1. The lowest BCUT2D eigenvalue weighted by atomic mass is 10.3. The molecule has 0 radical (unpaired) electrons. The molecule has 0 fully saturated rings. The Kier molecular flexibility index (Phi) is 3.61. The molecule has 1 aromatic carbocycles. The van der Waals surface area contributed by atoms with Gasteiger partial charge in [0.15, 0.2) is 11.5 Å². The first-order valence-electron chi connectivity index (χ1n) is 5.31. The van der Waals surface area contributed by atoms with E-state index in [2.05, 4.69) is 4.98 Å². The molecule has 0 aliphatic heterocycles. The Hall–Kier alpha value is -2.63. The fraction of sp³-hybridized carbons (Fsp3) is 0.0769. The van der Waals surface area contributed by atoms with Crippen molar-refractivity contribution in [2.45, 2.75) is 0 Å². The summed E-state index contributed by atoms with van der Waals surface area (Å²) < 4.78 is 23.4. The van der Waals surface area contributed by atoms with Crippen LogP contribution in [0, 0.1) is 5.82 Å². The second-order valence-electron chi connectivity index (χ2n) is 3.59. The molecule has 0 spiro atoms. The first kappa shape index (κ1) is 12.8. The van der Waals surface area contributed by atoms with Crippen molar-refractivity contribution in [3.63, 3.8) is 0 Å². The predicted molar refractivity (Wildman–Crippen MR) is 64.2 cm³/mol. The molecule has 2 rings (SSSR count). The summed E-state index contributed by atoms with van der Waals surface area (Å²) in [6, 6.07) is 6.58. The maximum Gasteiger partial charge on any atom is 0.337 e. The number of rotatable bonds is 4. The van der Waals surface area contributed by atoms with E-state index in [1.807, 2.05) is 0 Å². The average molecular weight is 263 g/mol. The lowest BCUT2D eigenvalue weighted by Crippen LogP contribution is -1.98. The van der Waals surface area contributed by atoms with Gasteiger partial charge in [0.25, 0.3) is 0 Å². The van der Waals surface area contributed by atoms with Crippen molar-refractivity contribution in [3.05, 3.63) is 47.9 Å². The van der Waals surface area contributed by atoms with Crippen molar-refractivity contribution in [3.8, 4) is 17.4 Å². The molecule has 0 aliphatic rings. The van der Waals surface area contributed by atoms with Gasteiger partial charge in [0, 0.05) is 18.3 Å². The maximum absolute atomic E-state index is 13.0. The minimum absolute atomic E-state index is 0.0541. The Bertz CT molecular complexity index is 598. The largest absolute Gasteiger partial charge is 0.493 e. The third-order valence-electron chi connectivity index (χ3n) is 2.32. The van der Waals surface area contributed by atoms with Crippen LogP contribution in [0.2, 0.25) is 0 Å². The van der Waals surface area contributed by atoms with Gasteiger partial charge in [-0.25, -0.2) is 14.2 Å². The van der Waals surface area contributed by atoms with E-state index in [9.17, 15) is 9.18 Å². The van der Waals surface area contributed by atoms with Crippen molar-refractivity contribution in [1.82, 2.24) is 4.98 Å². The molecular weight excluding hydrogens is 253 g/mol. The number of nitrogens with zero attached hydrogens (tertiary/aromatic N) is 1. The Morgan fingerprint density at radius 2 is 2.05 bits per heavy atom. The van der Waals surface area contributed by atoms with Gasteiger partial charge < -0.3 is 14.6 Å². The van der Waals surface area contributed by atoms with Gasteiger partial charge in [0.1, 0.15) is 5.82 Å². The third kappa shape index (κ3) is 2.98. The molecule has 1 heterocycles. The highest BCUT2D eigenvalue weighted by molar-refractivity contribution is 5.87. The van der Waals surface area contributed by atoms with E-state index in [1.165, 1.54) is 43.6 Å². The van der Waals surface area contributed by atoms with Crippen LogP contribution < -0.4 is 9.47 Å². The highest BCUT2D eigenvalue weighted by Crippen LogP contribution is 2.31. The zero-order valence-corrected chi connectivity index (χ0v) is 9.96. The van der Waals surface area contributed by atoms with Crippen LogP contribution in [0.15, 0.2) is 36.5 Å². The van der Waals surface area contributed by atoms with Gasteiger partial charge in [0.2, 0.25) is 5.88 Å². The fourth-order valence-electron chi connectivity index (χ4n) is 1.41. The molecule has 1 aromatic heterocycles. The number of methoxy groups -OCH3 is 1. The van der Waals surface area contributed by atoms with Crippen LogP contribution in [0.3, 0.4) is 0 Å². The molecule has 0 saturated heterocycles. The van der Waals surface area contributed by atoms with Gasteiger partial charge in [-0.3, -0.25) is 0 Å². The number of ether oxygens (including phenoxy) is 2. The lowest BCUT2D eigenvalue weighted by Gasteiger charge is -2.09. The molecule has 0 aliphatic carbocycles. The summed E-state index contributed by atoms with van der Waals surface area (Å²) in [4.78, 5) is 14.5. The minimum Gasteiger partial charge on any atom is -0.493 e. The Morgan fingerprint density at radius 3 is 2.63 bits per heavy atom. The number of hydrogen-bond acceptors (Lipinski definition) is 4. The highest BCUT2D eigenvalue weighted by Gasteiger charge is 2.09. The van der Waals surface area contributed by atoms with Crippen molar-refractivity contribution >= 4 is 5.97 Å². The van der Waals surface area contributed by atoms with Crippen LogP contribution in [0.5, 0.6) is 17.4 Å². The van der Waals surface area contributed by atoms with E-state index in [0.29, 0.717) is 5.75 Å². The number of aromatic nitrogens is 1. The van der Waals surface area contributed by atoms with Crippen molar-refractivity contribution < 1.29 is 23.8 Å². The molecule has 2 aromatic rings. The zero-order valence-electron chi connectivity index (χ0n) is 9.96. The van der Waals surface area contributed by atoms with Gasteiger partial charge in [0.05, 0.1) is 12.7 Å². The van der Waals surface area contributed by atoms with Crippen molar-refractivity contribution in [1.29, 1.82) is 0 Å². The summed E-state index contributed by atoms with van der Waals surface area (Å²) in [7, 11) is 1.39. The standard InChI is InChI=1S/C13H10FNO4/c1-18-11-6-9(14)3-4-10(11)19-12-5-2-8(7-15-12)13(16)17/h2-7H,1H3,(H,16,17). The number of carbonyl (C=O) groups is 1. The van der Waals surface area contributed by atoms with Crippen LogP contribution in [-0.4, -0.2) is 23.2 Å². The molecule has 0 amide bonds. The topological polar surface area (TPSA) is 68.7 Å². The first-order valence-corrected chi connectivity index (χ1v) is 5.31. The molecule has 0 unspecified atom stereocenters. The number of pyridine rings is 1. The highest BCUT2D eigenvalue weighted by atomic mass is 19.1. The van der Waals surface area contributed by atoms with Crippen LogP contribution in [0.4, 0.5) is 4.39 Å². The molecule has 5 nitrogen and oxygen atoms in total. The quantitative estimate of drug-likeness (QED) is 0.918. The molecular formula is C13H10FNO4. The summed E-state index contributed by atoms with van der Waals surface area (Å²) in [5.74, 6) is -0.810. The molecule has 0 saturated carbocycles. The van der Waals surface area contributed by atoms with Crippen LogP contribution in [-0.2, 0) is 0 Å². The van der Waals surface area contributed by atoms with Gasteiger partial charge in [-0.05, 0) is 18.2 Å². The number of benzene rings is 1. The smallest absolute Gasteiger partial charge is 0.337 e. The van der Waals surface area contributed by atoms with Gasteiger partial charge >= 0.3 is 5.97 Å². The van der Waals surface area contributed by atoms with E-state index in [1.54, 1.807) is 0 Å². The lowest BCUT2D eigenvalue weighted by molar-refractivity contribution is 0.0696. The van der Waals surface area contributed by atoms with E-state index < -0.39 is 11.8 Å². The van der Waals surface area contributed by atoms with Crippen molar-refractivity contribution in [2.24, 2.45) is 0 Å². The molecule has 6 heteroatoms. The number of hydrogen-bond donors (Lipinski definition) is 1. The molecule has 0 atom stereocenters. The number of carboxylic acids is 1. The normalized spacial score (nSPS) is 10.0. The average Bonchev–Trinajstić information content (AvgIpc) is 2.41. The first-order chi connectivity index (χ1) is 9.10. The van der Waals surface area contributed by atoms with E-state index in [0.717, 1.165) is 0 Å². The minimum atomic E-state index is -1.07. The fourth-order valence-corrected chi connectivity index (χ4v) is 1.41. The third-order valence-corrected chi connectivity index (χ3v) is 2.32. The monoisotopic (exact) mass is 263 g/mol. The summed E-state index contributed by atoms with van der Waals surface area (Å²) in [6.07, 6.45) is 1.17. The van der Waals surface area contributed by atoms with E-state index in [-0.39, 0.29) is 17.2 Å². The van der Waals surface area contributed by atoms with Crippen LogP contribution >= 0.6 is 0 Å². The van der Waals surface area contributed by atoms with E-state index in [4.69, 9.17) is 14.6 Å². The molecule has 19 heavy (non-hydrogen) atoms. The second kappa shape index (κ2) is 5.34. The number of carboxylic acid groups (broad SMARTS) is 1. The Morgan fingerprint density at radius 1 is 1.26 bits per heavy atom. The zero-order chi connectivity index (χ0) is 13.8. The Balaban J connectivity index is 2.23. The number of aromatic carboxylic acids is 1. The summed E-state index contributed by atoms with van der Waals surface area (Å²) in [6.45, 7) is 0. The molecule has 0 bridgehead atoms. The SMILES string of the molecule is COc1cc(F)ccc1Oc1ccc(C(=O)O)cn1. The van der Waals surface area contributed by atoms with Crippen LogP contribution in [0.1, 0.15) is 10.4 Å². The van der Waals surface area contributed by atoms with Crippen LogP contribution in [0.25, 0.3) is 0 Å². The van der Waals surface area contributed by atoms with Crippen molar-refractivity contribution in [2.75, 3.05) is 7.11 Å². The second-order valence-corrected chi connectivity index (χ2v) is 3.59. The van der Waals surface area contributed by atoms with Gasteiger partial charge in [-0.1, -0.05) is 0 Å². The summed E-state index contributed by atoms with van der Waals surface area (Å²) in [5.41, 5.74) is 0.0541. The van der Waals surface area contributed by atoms with Gasteiger partial charge in [-0.2, -0.15) is 0 Å². The predicted octanol–water partition coefficient (Wildman–Crippen LogP) is 2.72.